The van der Waals surface area contributed by atoms with Crippen molar-refractivity contribution in [1.29, 1.82) is 5.26 Å². The van der Waals surface area contributed by atoms with Crippen LogP contribution >= 0.6 is 22.9 Å². The van der Waals surface area contributed by atoms with Gasteiger partial charge in [0.25, 0.3) is 5.91 Å². The Hall–Kier alpha value is -2.20. The number of hydrogen-bond donors (Lipinski definition) is 1. The maximum Gasteiger partial charge on any atom is 0.262 e. The lowest BCUT2D eigenvalue weighted by molar-refractivity contribution is -0.117. The highest BCUT2D eigenvalue weighted by molar-refractivity contribution is 7.13. The largest absolute Gasteiger partial charge is 0.376 e. The highest BCUT2D eigenvalue weighted by Gasteiger charge is 2.17. The number of amides is 1. The van der Waals surface area contributed by atoms with Crippen LogP contribution in [0.1, 0.15) is 18.5 Å². The average Bonchev–Trinajstić information content (AvgIpc) is 3.30. The number of rotatable bonds is 5. The molecule has 1 aliphatic heterocycles. The van der Waals surface area contributed by atoms with Gasteiger partial charge in [-0.05, 0) is 31.1 Å². The molecule has 0 unspecified atom stereocenters. The second-order valence-electron chi connectivity index (χ2n) is 5.60. The van der Waals surface area contributed by atoms with Crippen molar-refractivity contribution in [2.45, 2.75) is 18.9 Å². The molecule has 1 saturated heterocycles. The van der Waals surface area contributed by atoms with E-state index < -0.39 is 5.91 Å². The molecule has 0 spiro atoms. The summed E-state index contributed by atoms with van der Waals surface area (Å²) in [5.74, 6) is -0.404. The third-order valence-electron chi connectivity index (χ3n) is 3.78. The van der Waals surface area contributed by atoms with Gasteiger partial charge in [-0.25, -0.2) is 4.98 Å². The van der Waals surface area contributed by atoms with Crippen molar-refractivity contribution < 1.29 is 9.53 Å². The molecule has 1 aromatic heterocycles. The van der Waals surface area contributed by atoms with E-state index in [-0.39, 0.29) is 11.7 Å². The summed E-state index contributed by atoms with van der Waals surface area (Å²) in [6, 6.07) is 9.30. The first-order chi connectivity index (χ1) is 12.2. The van der Waals surface area contributed by atoms with E-state index in [4.69, 9.17) is 16.3 Å². The van der Waals surface area contributed by atoms with Crippen LogP contribution in [0.4, 0.5) is 0 Å². The monoisotopic (exact) mass is 373 g/mol. The van der Waals surface area contributed by atoms with Crippen molar-refractivity contribution in [2.24, 2.45) is 0 Å². The van der Waals surface area contributed by atoms with Crippen LogP contribution in [0.5, 0.6) is 0 Å². The van der Waals surface area contributed by atoms with Crippen LogP contribution in [0.3, 0.4) is 0 Å². The van der Waals surface area contributed by atoms with E-state index in [0.29, 0.717) is 17.3 Å². The molecule has 1 amide bonds. The molecule has 1 fully saturated rings. The van der Waals surface area contributed by atoms with Gasteiger partial charge in [0, 0.05) is 29.1 Å². The predicted octanol–water partition coefficient (Wildman–Crippen LogP) is 3.67. The second-order valence-corrected chi connectivity index (χ2v) is 6.89. The van der Waals surface area contributed by atoms with E-state index >= 15 is 0 Å². The summed E-state index contributed by atoms with van der Waals surface area (Å²) in [6.07, 6.45) is 3.48. The zero-order valence-electron chi connectivity index (χ0n) is 13.4. The molecule has 2 heterocycles. The van der Waals surface area contributed by atoms with Crippen LogP contribution in [0, 0.1) is 11.3 Å². The average molecular weight is 374 g/mol. The summed E-state index contributed by atoms with van der Waals surface area (Å²) in [7, 11) is 0. The summed E-state index contributed by atoms with van der Waals surface area (Å²) in [4.78, 5) is 16.6. The zero-order valence-corrected chi connectivity index (χ0v) is 14.9. The minimum absolute atomic E-state index is 0.0333. The van der Waals surface area contributed by atoms with Gasteiger partial charge in [0.1, 0.15) is 16.6 Å². The van der Waals surface area contributed by atoms with E-state index in [9.17, 15) is 10.1 Å². The van der Waals surface area contributed by atoms with E-state index in [0.717, 1.165) is 30.0 Å². The molecule has 2 aromatic rings. The van der Waals surface area contributed by atoms with Crippen LogP contribution in [-0.4, -0.2) is 30.1 Å². The number of benzene rings is 1. The van der Waals surface area contributed by atoms with E-state index in [2.05, 4.69) is 10.3 Å². The number of nitrogens with zero attached hydrogens (tertiary/aromatic N) is 2. The van der Waals surface area contributed by atoms with Gasteiger partial charge in [0.2, 0.25) is 0 Å². The Morgan fingerprint density at radius 1 is 1.48 bits per heavy atom. The van der Waals surface area contributed by atoms with Gasteiger partial charge in [-0.15, -0.1) is 11.3 Å². The van der Waals surface area contributed by atoms with Crippen LogP contribution < -0.4 is 5.32 Å². The number of carbonyl (C=O) groups excluding carboxylic acids is 1. The first-order valence-corrected chi connectivity index (χ1v) is 9.14. The Balaban J connectivity index is 1.68. The Labute approximate surface area is 154 Å². The molecule has 7 heteroatoms. The summed E-state index contributed by atoms with van der Waals surface area (Å²) >= 11 is 7.33. The minimum Gasteiger partial charge on any atom is -0.376 e. The van der Waals surface area contributed by atoms with Crippen LogP contribution in [-0.2, 0) is 9.53 Å². The number of hydrogen-bond acceptors (Lipinski definition) is 5. The fourth-order valence-electron chi connectivity index (χ4n) is 2.48. The maximum absolute atomic E-state index is 12.2. The van der Waals surface area contributed by atoms with Crippen molar-refractivity contribution in [2.75, 3.05) is 13.2 Å². The van der Waals surface area contributed by atoms with Gasteiger partial charge in [0.15, 0.2) is 0 Å². The maximum atomic E-state index is 12.2. The van der Waals surface area contributed by atoms with Crippen molar-refractivity contribution in [1.82, 2.24) is 10.3 Å². The van der Waals surface area contributed by atoms with Crippen molar-refractivity contribution in [3.8, 4) is 16.6 Å². The summed E-state index contributed by atoms with van der Waals surface area (Å²) in [5, 5.41) is 15.3. The summed E-state index contributed by atoms with van der Waals surface area (Å²) in [6.45, 7) is 1.15. The smallest absolute Gasteiger partial charge is 0.262 e. The van der Waals surface area contributed by atoms with E-state index in [1.54, 1.807) is 12.1 Å². The van der Waals surface area contributed by atoms with Gasteiger partial charge in [-0.3, -0.25) is 4.79 Å². The van der Waals surface area contributed by atoms with Gasteiger partial charge >= 0.3 is 0 Å². The first-order valence-electron chi connectivity index (χ1n) is 7.89. The molecular weight excluding hydrogens is 358 g/mol. The third-order valence-corrected chi connectivity index (χ3v) is 4.95. The lowest BCUT2D eigenvalue weighted by atomic mass is 10.2. The second kappa shape index (κ2) is 8.26. The number of aromatic nitrogens is 1. The number of carbonyl (C=O) groups is 1. The quantitative estimate of drug-likeness (QED) is 0.641. The van der Waals surface area contributed by atoms with Crippen molar-refractivity contribution in [3.63, 3.8) is 0 Å². The molecule has 0 aliphatic carbocycles. The molecule has 5 nitrogen and oxygen atoms in total. The topological polar surface area (TPSA) is 75.0 Å². The van der Waals surface area contributed by atoms with Crippen LogP contribution in [0.25, 0.3) is 16.6 Å². The lowest BCUT2D eigenvalue weighted by Gasteiger charge is -2.09. The molecule has 0 radical (unpaired) electrons. The molecule has 1 aliphatic rings. The van der Waals surface area contributed by atoms with Crippen molar-refractivity contribution in [3.05, 3.63) is 45.9 Å². The first kappa shape index (κ1) is 17.6. The predicted molar refractivity (Wildman–Crippen MR) is 98.1 cm³/mol. The normalized spacial score (nSPS) is 17.3. The molecule has 0 saturated carbocycles. The molecule has 1 aromatic carbocycles. The SMILES string of the molecule is N#C/C(=C\c1csc(-c2ccc(Cl)cc2)n1)C(=O)NC[C@@H]1CCCO1. The molecule has 25 heavy (non-hydrogen) atoms. The highest BCUT2D eigenvalue weighted by Crippen LogP contribution is 2.26. The number of halogens is 1. The number of ether oxygens (including phenoxy) is 1. The summed E-state index contributed by atoms with van der Waals surface area (Å²) in [5.41, 5.74) is 1.56. The Kier molecular flexibility index (Phi) is 5.82. The number of thiazole rings is 1. The summed E-state index contributed by atoms with van der Waals surface area (Å²) < 4.78 is 5.46. The third kappa shape index (κ3) is 4.67. The fourth-order valence-corrected chi connectivity index (χ4v) is 3.39. The minimum atomic E-state index is -0.404. The Morgan fingerprint density at radius 2 is 2.28 bits per heavy atom. The van der Waals surface area contributed by atoms with Crippen LogP contribution in [0.2, 0.25) is 5.02 Å². The van der Waals surface area contributed by atoms with E-state index in [1.165, 1.54) is 17.4 Å². The van der Waals surface area contributed by atoms with Gasteiger partial charge in [-0.2, -0.15) is 5.26 Å². The van der Waals surface area contributed by atoms with Crippen molar-refractivity contribution >= 4 is 34.9 Å². The molecule has 1 atom stereocenters. The molecular formula is C18H16ClN3O2S. The molecule has 1 N–H and O–H groups in total. The highest BCUT2D eigenvalue weighted by atomic mass is 35.5. The number of nitrogens with one attached hydrogen (secondary N) is 1. The van der Waals surface area contributed by atoms with Crippen LogP contribution in [0.15, 0.2) is 35.2 Å². The van der Waals surface area contributed by atoms with E-state index in [1.807, 2.05) is 23.6 Å². The molecule has 3 rings (SSSR count). The zero-order chi connectivity index (χ0) is 17.6. The number of nitriles is 1. The van der Waals surface area contributed by atoms with Gasteiger partial charge in [-0.1, -0.05) is 23.7 Å². The fraction of sp³-hybridized carbons (Fsp3) is 0.278. The molecule has 128 valence electrons. The van der Waals surface area contributed by atoms with Gasteiger partial charge in [0.05, 0.1) is 11.8 Å². The van der Waals surface area contributed by atoms with Gasteiger partial charge < -0.3 is 10.1 Å². The Morgan fingerprint density at radius 3 is 2.96 bits per heavy atom. The lowest BCUT2D eigenvalue weighted by Crippen LogP contribution is -2.32. The standard InChI is InChI=1S/C18H16ClN3O2S/c19-14-5-3-12(4-6-14)18-22-15(11-25-18)8-13(9-20)17(23)21-10-16-2-1-7-24-16/h3-6,8,11,16H,1-2,7,10H2,(H,21,23)/b13-8+/t16-/m0/s1. The molecule has 0 bridgehead atoms. The Bertz CT molecular complexity index is 818.